The van der Waals surface area contributed by atoms with E-state index >= 15 is 0 Å². The number of carbonyl (C=O) groups is 1. The van der Waals surface area contributed by atoms with Crippen LogP contribution in [0.2, 0.25) is 0 Å². The predicted octanol–water partition coefficient (Wildman–Crippen LogP) is 2.59. The Kier molecular flexibility index (Phi) is 5.93. The Bertz CT molecular complexity index is 595. The molecule has 1 unspecified atom stereocenters. The molecule has 1 aliphatic rings. The molecule has 5 heteroatoms. The number of thiophene rings is 1. The molecule has 0 saturated carbocycles. The highest BCUT2D eigenvalue weighted by molar-refractivity contribution is 7.10. The molecule has 0 radical (unpaired) electrons. The molecule has 122 valence electrons. The molecule has 1 aromatic heterocycles. The van der Waals surface area contributed by atoms with Gasteiger partial charge in [-0.25, -0.2) is 0 Å². The molecule has 1 fully saturated rings. The zero-order chi connectivity index (χ0) is 15.9. The van der Waals surface area contributed by atoms with Gasteiger partial charge in [-0.05, 0) is 11.4 Å². The summed E-state index contributed by atoms with van der Waals surface area (Å²) < 4.78 is 5.45. The standard InChI is InChI=1S/C18H22N2O2S/c21-17(15-5-2-1-3-6-15)14-19-13-16(18-7-4-12-23-18)20-8-10-22-11-9-20/h1-7,12,16,19H,8-11,13-14H2. The molecule has 3 rings (SSSR count). The van der Waals surface area contributed by atoms with Crippen LogP contribution in [0.15, 0.2) is 47.8 Å². The molecule has 0 spiro atoms. The lowest BCUT2D eigenvalue weighted by atomic mass is 10.1. The van der Waals surface area contributed by atoms with Crippen LogP contribution in [0, 0.1) is 0 Å². The van der Waals surface area contributed by atoms with Gasteiger partial charge in [0, 0.05) is 30.1 Å². The van der Waals surface area contributed by atoms with E-state index in [4.69, 9.17) is 4.74 Å². The number of morpholine rings is 1. The van der Waals surface area contributed by atoms with Gasteiger partial charge in [-0.3, -0.25) is 9.69 Å². The molecular weight excluding hydrogens is 308 g/mol. The Hall–Kier alpha value is -1.53. The van der Waals surface area contributed by atoms with Crippen LogP contribution in [0.25, 0.3) is 0 Å². The number of nitrogens with one attached hydrogen (secondary N) is 1. The van der Waals surface area contributed by atoms with Crippen molar-refractivity contribution in [2.75, 3.05) is 39.4 Å². The number of hydrogen-bond acceptors (Lipinski definition) is 5. The molecule has 1 N–H and O–H groups in total. The molecule has 1 saturated heterocycles. The van der Waals surface area contributed by atoms with Crippen LogP contribution in [0.4, 0.5) is 0 Å². The van der Waals surface area contributed by atoms with Crippen LogP contribution in [0.3, 0.4) is 0 Å². The summed E-state index contributed by atoms with van der Waals surface area (Å²) in [6.45, 7) is 4.60. The lowest BCUT2D eigenvalue weighted by Gasteiger charge is -2.34. The molecule has 2 aromatic rings. The smallest absolute Gasteiger partial charge is 0.176 e. The van der Waals surface area contributed by atoms with Crippen molar-refractivity contribution >= 4 is 17.1 Å². The van der Waals surface area contributed by atoms with E-state index in [9.17, 15) is 4.79 Å². The lowest BCUT2D eigenvalue weighted by molar-refractivity contribution is 0.0169. The maximum Gasteiger partial charge on any atom is 0.176 e. The summed E-state index contributed by atoms with van der Waals surface area (Å²) in [7, 11) is 0. The van der Waals surface area contributed by atoms with E-state index < -0.39 is 0 Å². The molecule has 1 aromatic carbocycles. The summed E-state index contributed by atoms with van der Waals surface area (Å²) in [6, 6.07) is 14.0. The fraction of sp³-hybridized carbons (Fsp3) is 0.389. The van der Waals surface area contributed by atoms with Gasteiger partial charge >= 0.3 is 0 Å². The maximum atomic E-state index is 12.2. The summed E-state index contributed by atoms with van der Waals surface area (Å²) in [5.74, 6) is 0.137. The Morgan fingerprint density at radius 1 is 1.17 bits per heavy atom. The first-order chi connectivity index (χ1) is 11.3. The molecule has 0 aliphatic carbocycles. The third-order valence-electron chi connectivity index (χ3n) is 4.08. The number of carbonyl (C=O) groups excluding carboxylic acids is 1. The van der Waals surface area contributed by atoms with Gasteiger partial charge in [0.1, 0.15) is 0 Å². The minimum Gasteiger partial charge on any atom is -0.379 e. The third-order valence-corrected chi connectivity index (χ3v) is 5.05. The number of rotatable bonds is 7. The molecule has 0 bridgehead atoms. The van der Waals surface area contributed by atoms with E-state index in [0.717, 1.165) is 38.4 Å². The van der Waals surface area contributed by atoms with Crippen molar-refractivity contribution in [3.8, 4) is 0 Å². The van der Waals surface area contributed by atoms with Crippen molar-refractivity contribution < 1.29 is 9.53 Å². The van der Waals surface area contributed by atoms with Gasteiger partial charge in [0.15, 0.2) is 5.78 Å². The van der Waals surface area contributed by atoms with E-state index in [0.29, 0.717) is 12.6 Å². The average Bonchev–Trinajstić information content (AvgIpc) is 3.14. The Balaban J connectivity index is 1.57. The highest BCUT2D eigenvalue weighted by atomic mass is 32.1. The van der Waals surface area contributed by atoms with Crippen LogP contribution in [-0.2, 0) is 4.74 Å². The number of hydrogen-bond donors (Lipinski definition) is 1. The van der Waals surface area contributed by atoms with E-state index in [2.05, 4.69) is 27.7 Å². The fourth-order valence-electron chi connectivity index (χ4n) is 2.83. The predicted molar refractivity (Wildman–Crippen MR) is 93.1 cm³/mol. The molecule has 23 heavy (non-hydrogen) atoms. The van der Waals surface area contributed by atoms with Crippen molar-refractivity contribution in [1.82, 2.24) is 10.2 Å². The number of benzene rings is 1. The second kappa shape index (κ2) is 8.36. The number of Topliss-reactive ketones (excluding diaryl/α,β-unsaturated/α-hetero) is 1. The maximum absolute atomic E-state index is 12.2. The second-order valence-electron chi connectivity index (χ2n) is 5.60. The SMILES string of the molecule is O=C(CNCC(c1cccs1)N1CCOCC1)c1ccccc1. The van der Waals surface area contributed by atoms with E-state index in [1.165, 1.54) is 4.88 Å². The molecule has 2 heterocycles. The van der Waals surface area contributed by atoms with Crippen LogP contribution >= 0.6 is 11.3 Å². The zero-order valence-corrected chi connectivity index (χ0v) is 13.9. The highest BCUT2D eigenvalue weighted by Crippen LogP contribution is 2.25. The number of ketones is 1. The second-order valence-corrected chi connectivity index (χ2v) is 6.58. The molecule has 1 aliphatic heterocycles. The molecule has 4 nitrogen and oxygen atoms in total. The Morgan fingerprint density at radius 2 is 1.96 bits per heavy atom. The first kappa shape index (κ1) is 16.3. The largest absolute Gasteiger partial charge is 0.379 e. The van der Waals surface area contributed by atoms with Crippen LogP contribution in [-0.4, -0.2) is 50.1 Å². The summed E-state index contributed by atoms with van der Waals surface area (Å²) in [4.78, 5) is 16.0. The van der Waals surface area contributed by atoms with E-state index in [1.54, 1.807) is 11.3 Å². The van der Waals surface area contributed by atoms with Gasteiger partial charge in [0.2, 0.25) is 0 Å². The summed E-state index contributed by atoms with van der Waals surface area (Å²) >= 11 is 1.77. The lowest BCUT2D eigenvalue weighted by Crippen LogP contribution is -2.43. The van der Waals surface area contributed by atoms with Crippen molar-refractivity contribution in [1.29, 1.82) is 0 Å². The summed E-state index contributed by atoms with van der Waals surface area (Å²) in [5, 5.41) is 5.45. The van der Waals surface area contributed by atoms with Gasteiger partial charge in [-0.15, -0.1) is 11.3 Å². The van der Waals surface area contributed by atoms with Gasteiger partial charge in [0.25, 0.3) is 0 Å². The van der Waals surface area contributed by atoms with Crippen LogP contribution in [0.5, 0.6) is 0 Å². The van der Waals surface area contributed by atoms with Crippen molar-refractivity contribution in [3.63, 3.8) is 0 Å². The topological polar surface area (TPSA) is 41.6 Å². The Labute approximate surface area is 141 Å². The number of ether oxygens (including phenoxy) is 1. The first-order valence-corrected chi connectivity index (χ1v) is 8.87. The minimum atomic E-state index is 0.137. The Morgan fingerprint density at radius 3 is 2.65 bits per heavy atom. The van der Waals surface area contributed by atoms with E-state index in [-0.39, 0.29) is 5.78 Å². The van der Waals surface area contributed by atoms with Crippen molar-refractivity contribution in [2.45, 2.75) is 6.04 Å². The molecule has 1 atom stereocenters. The number of nitrogens with zero attached hydrogens (tertiary/aromatic N) is 1. The van der Waals surface area contributed by atoms with Gasteiger partial charge in [0.05, 0.1) is 25.8 Å². The highest BCUT2D eigenvalue weighted by Gasteiger charge is 2.23. The summed E-state index contributed by atoms with van der Waals surface area (Å²) in [5.41, 5.74) is 0.763. The van der Waals surface area contributed by atoms with Crippen molar-refractivity contribution in [3.05, 3.63) is 58.3 Å². The molecule has 0 amide bonds. The van der Waals surface area contributed by atoms with Crippen molar-refractivity contribution in [2.24, 2.45) is 0 Å². The van der Waals surface area contributed by atoms with Gasteiger partial charge in [-0.1, -0.05) is 36.4 Å². The zero-order valence-electron chi connectivity index (χ0n) is 13.1. The minimum absolute atomic E-state index is 0.137. The fourth-order valence-corrected chi connectivity index (χ4v) is 3.69. The van der Waals surface area contributed by atoms with Gasteiger partial charge in [-0.2, -0.15) is 0 Å². The third kappa shape index (κ3) is 4.48. The van der Waals surface area contributed by atoms with Gasteiger partial charge < -0.3 is 10.1 Å². The molecular formula is C18H22N2O2S. The normalized spacial score (nSPS) is 17.0. The monoisotopic (exact) mass is 330 g/mol. The quantitative estimate of drug-likeness (QED) is 0.793. The summed E-state index contributed by atoms with van der Waals surface area (Å²) in [6.07, 6.45) is 0. The average molecular weight is 330 g/mol. The van der Waals surface area contributed by atoms with Crippen LogP contribution < -0.4 is 5.32 Å². The first-order valence-electron chi connectivity index (χ1n) is 7.99. The van der Waals surface area contributed by atoms with E-state index in [1.807, 2.05) is 30.3 Å². The van der Waals surface area contributed by atoms with Crippen LogP contribution in [0.1, 0.15) is 21.3 Å².